The summed E-state index contributed by atoms with van der Waals surface area (Å²) in [6, 6.07) is 6.55. The number of nitrogens with one attached hydrogen (secondary N) is 1. The Balaban J connectivity index is 2.44. The van der Waals surface area contributed by atoms with Gasteiger partial charge >= 0.3 is 0 Å². The third-order valence-electron chi connectivity index (χ3n) is 2.49. The Morgan fingerprint density at radius 3 is 2.79 bits per heavy atom. The molecule has 1 aliphatic rings. The van der Waals surface area contributed by atoms with Crippen LogP contribution in [-0.2, 0) is 0 Å². The minimum absolute atomic E-state index is 0.930. The standard InChI is InChI=1S/C13H15N/c1-10-6-7-11(2)12(9-10)13-5-3-4-8-14-13/h3-7,9,14H,8H2,1-2H3. The van der Waals surface area contributed by atoms with E-state index in [1.807, 2.05) is 0 Å². The monoisotopic (exact) mass is 185 g/mol. The second-order valence-electron chi connectivity index (χ2n) is 3.71. The molecule has 0 amide bonds. The fraction of sp³-hybridized carbons (Fsp3) is 0.231. The molecule has 1 aromatic carbocycles. The van der Waals surface area contributed by atoms with Crippen molar-refractivity contribution in [3.63, 3.8) is 0 Å². The van der Waals surface area contributed by atoms with Gasteiger partial charge in [-0.1, -0.05) is 29.8 Å². The van der Waals surface area contributed by atoms with Crippen LogP contribution in [0.15, 0.2) is 36.4 Å². The number of hydrogen-bond acceptors (Lipinski definition) is 1. The maximum absolute atomic E-state index is 3.38. The van der Waals surface area contributed by atoms with Crippen molar-refractivity contribution in [2.24, 2.45) is 0 Å². The van der Waals surface area contributed by atoms with Gasteiger partial charge in [-0.3, -0.25) is 0 Å². The van der Waals surface area contributed by atoms with Gasteiger partial charge in [-0.2, -0.15) is 0 Å². The molecule has 1 heteroatoms. The van der Waals surface area contributed by atoms with Gasteiger partial charge in [0.25, 0.3) is 0 Å². The quantitative estimate of drug-likeness (QED) is 0.709. The van der Waals surface area contributed by atoms with Crippen LogP contribution < -0.4 is 5.32 Å². The Hall–Kier alpha value is -1.50. The summed E-state index contributed by atoms with van der Waals surface area (Å²) >= 11 is 0. The van der Waals surface area contributed by atoms with E-state index >= 15 is 0 Å². The first kappa shape index (κ1) is 9.07. The van der Waals surface area contributed by atoms with Gasteiger partial charge in [-0.15, -0.1) is 0 Å². The number of hydrogen-bond donors (Lipinski definition) is 1. The van der Waals surface area contributed by atoms with E-state index in [2.05, 4.69) is 55.6 Å². The van der Waals surface area contributed by atoms with Gasteiger partial charge in [-0.05, 0) is 31.6 Å². The molecule has 0 aliphatic carbocycles. The van der Waals surface area contributed by atoms with Crippen molar-refractivity contribution in [2.75, 3.05) is 6.54 Å². The fourth-order valence-corrected chi connectivity index (χ4v) is 1.67. The fourth-order valence-electron chi connectivity index (χ4n) is 1.67. The molecule has 1 N–H and O–H groups in total. The molecule has 1 aliphatic heterocycles. The Labute approximate surface area is 85.2 Å². The molecule has 14 heavy (non-hydrogen) atoms. The zero-order valence-electron chi connectivity index (χ0n) is 8.67. The summed E-state index contributed by atoms with van der Waals surface area (Å²) in [5.74, 6) is 0. The lowest BCUT2D eigenvalue weighted by Gasteiger charge is -2.15. The highest BCUT2D eigenvalue weighted by atomic mass is 14.9. The van der Waals surface area contributed by atoms with Gasteiger partial charge in [0.2, 0.25) is 0 Å². The van der Waals surface area contributed by atoms with Crippen LogP contribution in [0.5, 0.6) is 0 Å². The second-order valence-corrected chi connectivity index (χ2v) is 3.71. The van der Waals surface area contributed by atoms with Gasteiger partial charge < -0.3 is 5.32 Å². The summed E-state index contributed by atoms with van der Waals surface area (Å²) in [4.78, 5) is 0. The summed E-state index contributed by atoms with van der Waals surface area (Å²) in [5, 5.41) is 3.38. The number of dihydropyridines is 1. The molecular weight excluding hydrogens is 170 g/mol. The van der Waals surface area contributed by atoms with Gasteiger partial charge in [-0.25, -0.2) is 0 Å². The predicted molar refractivity (Wildman–Crippen MR) is 61.0 cm³/mol. The third kappa shape index (κ3) is 1.72. The maximum atomic E-state index is 3.38. The molecule has 0 saturated carbocycles. The van der Waals surface area contributed by atoms with Crippen LogP contribution in [0.1, 0.15) is 16.7 Å². The van der Waals surface area contributed by atoms with Crippen LogP contribution >= 0.6 is 0 Å². The second kappa shape index (κ2) is 3.70. The van der Waals surface area contributed by atoms with Crippen LogP contribution in [0, 0.1) is 13.8 Å². The number of benzene rings is 1. The van der Waals surface area contributed by atoms with Crippen LogP contribution in [0.3, 0.4) is 0 Å². The predicted octanol–water partition coefficient (Wildman–Crippen LogP) is 2.80. The Morgan fingerprint density at radius 2 is 2.07 bits per heavy atom. The largest absolute Gasteiger partial charge is 0.381 e. The molecule has 1 nitrogen and oxygen atoms in total. The lowest BCUT2D eigenvalue weighted by atomic mass is 10.0. The molecule has 0 saturated heterocycles. The molecular formula is C13H15N. The van der Waals surface area contributed by atoms with Crippen molar-refractivity contribution in [3.05, 3.63) is 53.1 Å². The van der Waals surface area contributed by atoms with E-state index in [1.54, 1.807) is 0 Å². The zero-order valence-corrected chi connectivity index (χ0v) is 8.67. The first-order valence-electron chi connectivity index (χ1n) is 4.96. The normalized spacial score (nSPS) is 14.9. The van der Waals surface area contributed by atoms with Gasteiger partial charge in [0.1, 0.15) is 0 Å². The molecule has 0 atom stereocenters. The summed E-state index contributed by atoms with van der Waals surface area (Å²) < 4.78 is 0. The van der Waals surface area contributed by atoms with E-state index in [0.29, 0.717) is 0 Å². The molecule has 1 heterocycles. The highest BCUT2D eigenvalue weighted by Crippen LogP contribution is 2.19. The molecule has 0 fully saturated rings. The third-order valence-corrected chi connectivity index (χ3v) is 2.49. The summed E-state index contributed by atoms with van der Waals surface area (Å²) in [6.07, 6.45) is 6.35. The van der Waals surface area contributed by atoms with Crippen molar-refractivity contribution in [3.8, 4) is 0 Å². The van der Waals surface area contributed by atoms with E-state index in [0.717, 1.165) is 6.54 Å². The van der Waals surface area contributed by atoms with Crippen molar-refractivity contribution < 1.29 is 0 Å². The van der Waals surface area contributed by atoms with E-state index in [9.17, 15) is 0 Å². The molecule has 0 spiro atoms. The Bertz CT molecular complexity index is 400. The zero-order chi connectivity index (χ0) is 9.97. The lowest BCUT2D eigenvalue weighted by Crippen LogP contribution is -2.15. The summed E-state index contributed by atoms with van der Waals surface area (Å²) in [6.45, 7) is 5.21. The van der Waals surface area contributed by atoms with Crippen molar-refractivity contribution >= 4 is 5.70 Å². The number of allylic oxidation sites excluding steroid dienone is 2. The molecule has 0 radical (unpaired) electrons. The first-order chi connectivity index (χ1) is 6.77. The van der Waals surface area contributed by atoms with E-state index in [1.165, 1.54) is 22.4 Å². The summed E-state index contributed by atoms with van der Waals surface area (Å²) in [5.41, 5.74) is 5.18. The van der Waals surface area contributed by atoms with Crippen LogP contribution in [0.25, 0.3) is 5.70 Å². The van der Waals surface area contributed by atoms with Crippen molar-refractivity contribution in [2.45, 2.75) is 13.8 Å². The molecule has 2 rings (SSSR count). The van der Waals surface area contributed by atoms with Gasteiger partial charge in [0.15, 0.2) is 0 Å². The number of rotatable bonds is 1. The Morgan fingerprint density at radius 1 is 1.21 bits per heavy atom. The summed E-state index contributed by atoms with van der Waals surface area (Å²) in [7, 11) is 0. The van der Waals surface area contributed by atoms with E-state index in [-0.39, 0.29) is 0 Å². The van der Waals surface area contributed by atoms with Crippen molar-refractivity contribution in [1.82, 2.24) is 5.32 Å². The van der Waals surface area contributed by atoms with Crippen molar-refractivity contribution in [1.29, 1.82) is 0 Å². The molecule has 0 unspecified atom stereocenters. The molecule has 72 valence electrons. The van der Waals surface area contributed by atoms with Gasteiger partial charge in [0.05, 0.1) is 0 Å². The SMILES string of the molecule is Cc1ccc(C)c(C2=CC=CCN2)c1. The minimum atomic E-state index is 0.930. The first-order valence-corrected chi connectivity index (χ1v) is 4.96. The topological polar surface area (TPSA) is 12.0 Å². The molecule has 0 bridgehead atoms. The maximum Gasteiger partial charge on any atom is 0.0418 e. The average molecular weight is 185 g/mol. The average Bonchev–Trinajstić information content (AvgIpc) is 2.23. The van der Waals surface area contributed by atoms with E-state index in [4.69, 9.17) is 0 Å². The smallest absolute Gasteiger partial charge is 0.0418 e. The lowest BCUT2D eigenvalue weighted by molar-refractivity contribution is 0.992. The minimum Gasteiger partial charge on any atom is -0.381 e. The Kier molecular flexibility index (Phi) is 2.40. The van der Waals surface area contributed by atoms with Crippen LogP contribution in [-0.4, -0.2) is 6.54 Å². The highest BCUT2D eigenvalue weighted by Gasteiger charge is 2.05. The van der Waals surface area contributed by atoms with Gasteiger partial charge in [0, 0.05) is 17.8 Å². The van der Waals surface area contributed by atoms with E-state index < -0.39 is 0 Å². The molecule has 1 aromatic rings. The van der Waals surface area contributed by atoms with Crippen LogP contribution in [0.4, 0.5) is 0 Å². The van der Waals surface area contributed by atoms with Crippen LogP contribution in [0.2, 0.25) is 0 Å². The number of aryl methyl sites for hydroxylation is 2. The highest BCUT2D eigenvalue weighted by molar-refractivity contribution is 5.69. The molecule has 0 aromatic heterocycles.